The van der Waals surface area contributed by atoms with Crippen molar-refractivity contribution in [3.05, 3.63) is 214 Å². The van der Waals surface area contributed by atoms with E-state index in [4.69, 9.17) is 43.4 Å². The fraction of sp³-hybridized carbons (Fsp3) is 0.239. The van der Waals surface area contributed by atoms with Crippen molar-refractivity contribution >= 4 is 38.0 Å². The Kier molecular flexibility index (Phi) is 23.7. The number of nitriles is 8. The molecule has 0 aliphatic heterocycles. The van der Waals surface area contributed by atoms with Crippen molar-refractivity contribution in [3.8, 4) is 48.6 Å². The molecule has 0 saturated carbocycles. The Bertz CT molecular complexity index is 4160. The molecule has 0 bridgehead atoms. The number of hydrogen-bond donors (Lipinski definition) is 0. The highest BCUT2D eigenvalue weighted by Crippen LogP contribution is 2.42. The third-order valence-electron chi connectivity index (χ3n) is 12.6. The summed E-state index contributed by atoms with van der Waals surface area (Å²) in [5.41, 5.74) is 15.0. The highest BCUT2D eigenvalue weighted by atomic mass is 15.0. The first-order valence-electron chi connectivity index (χ1n) is 26.3. The lowest BCUT2D eigenvalue weighted by molar-refractivity contribution is 0.901. The number of hydrogen-bond acceptors (Lipinski definition) is 18. The topological polar surface area (TPSA) is 324 Å². The molecule has 0 aliphatic rings. The van der Waals surface area contributed by atoms with Gasteiger partial charge in [0, 0.05) is 28.2 Å². The van der Waals surface area contributed by atoms with Crippen molar-refractivity contribution in [2.75, 3.05) is 0 Å². The fourth-order valence-electron chi connectivity index (χ4n) is 8.94. The van der Waals surface area contributed by atoms with E-state index in [1.807, 2.05) is 152 Å². The Morgan fingerprint density at radius 3 is 1.05 bits per heavy atom. The predicted molar refractivity (Wildman–Crippen MR) is 327 cm³/mol. The number of nitrogens with zero attached hydrogens (tertiary/aromatic N) is 19. The Labute approximate surface area is 501 Å². The van der Waals surface area contributed by atoms with Gasteiger partial charge in [-0.05, 0) is 191 Å². The van der Waals surface area contributed by atoms with E-state index >= 15 is 0 Å². The summed E-state index contributed by atoms with van der Waals surface area (Å²) in [6.07, 6.45) is 0. The van der Waals surface area contributed by atoms with E-state index in [2.05, 4.69) is 91.1 Å². The van der Waals surface area contributed by atoms with Crippen molar-refractivity contribution in [1.29, 1.82) is 42.1 Å². The zero-order valence-electron chi connectivity index (χ0n) is 50.8. The van der Waals surface area contributed by atoms with Crippen LogP contribution >= 0.6 is 0 Å². The SMILES string of the molecule is Cc1cc(C#N)c(C#N)cc1C.Cc1cc(C#N)cc(C)n1.Cc1cc(C)nc(C#N)n1.Cc1nc(C)c(C#N)c(C)n1.Cc1nc(C)c(C#N)c(C)n1.Cc1nc(C)nc(C#N)n1.[C-]#[N+]c1cc(C)c2ccc3c(C#N)cc(C)c4ccc1c2c43. The molecule has 5 heterocycles. The van der Waals surface area contributed by atoms with Gasteiger partial charge in [0.2, 0.25) is 11.6 Å². The van der Waals surface area contributed by atoms with Crippen molar-refractivity contribution in [1.82, 2.24) is 49.8 Å². The third kappa shape index (κ3) is 17.5. The van der Waals surface area contributed by atoms with E-state index in [0.29, 0.717) is 50.7 Å². The number of rotatable bonds is 0. The molecule has 0 radical (unpaired) electrons. The summed E-state index contributed by atoms with van der Waals surface area (Å²) >= 11 is 0. The largest absolute Gasteiger partial charge is 0.258 e. The van der Waals surface area contributed by atoms with Crippen LogP contribution in [-0.4, -0.2) is 49.8 Å². The van der Waals surface area contributed by atoms with Crippen LogP contribution in [0.3, 0.4) is 0 Å². The van der Waals surface area contributed by atoms with Crippen LogP contribution in [0.4, 0.5) is 5.69 Å². The van der Waals surface area contributed by atoms with Crippen LogP contribution < -0.4 is 0 Å². The summed E-state index contributed by atoms with van der Waals surface area (Å²) in [4.78, 5) is 43.3. The molecule has 0 aliphatic carbocycles. The van der Waals surface area contributed by atoms with E-state index in [0.717, 1.165) is 112 Å². The molecule has 0 atom stereocenters. The first-order valence-corrected chi connectivity index (χ1v) is 26.3. The minimum absolute atomic E-state index is 0.185. The smallest absolute Gasteiger partial charge is 0.235 e. The van der Waals surface area contributed by atoms with Gasteiger partial charge in [0.15, 0.2) is 5.69 Å². The van der Waals surface area contributed by atoms with Crippen LogP contribution in [0.1, 0.15) is 136 Å². The van der Waals surface area contributed by atoms with E-state index in [-0.39, 0.29) is 11.6 Å². The molecule has 0 fully saturated rings. The zero-order chi connectivity index (χ0) is 64.1. The van der Waals surface area contributed by atoms with Gasteiger partial charge in [-0.3, -0.25) is 4.98 Å². The van der Waals surface area contributed by atoms with Gasteiger partial charge in [0.25, 0.3) is 0 Å². The molecule has 10 aromatic rings. The van der Waals surface area contributed by atoms with Gasteiger partial charge in [-0.1, -0.05) is 35.9 Å². The third-order valence-corrected chi connectivity index (χ3v) is 12.6. The first-order chi connectivity index (χ1) is 40.8. The average molecular weight is 1130 g/mol. The van der Waals surface area contributed by atoms with Crippen LogP contribution in [0.25, 0.3) is 37.2 Å². The molecule has 5 aromatic carbocycles. The lowest BCUT2D eigenvalue weighted by Crippen LogP contribution is -1.98. The van der Waals surface area contributed by atoms with Crippen LogP contribution in [0, 0.1) is 208 Å². The molecule has 0 N–H and O–H groups in total. The standard InChI is InChI=1S/C20H12N2.C10H8N2.2C8H9N3.C8H8N2.C7H7N3.C6H6N4/c1-11-8-13(10-21)16-6-4-15-12(2)9-18(22-3)17-7-5-14(11)19(16)20(15)17;1-7-3-9(5-11)10(6-12)4-8(7)2;2*1-5-8(4-9)6(2)11-7(3)10-5;1-6-3-8(5-9)4-7(2)10-6;1-5-3-6(2)10-7(4-8)9-5;1-4-8-5(2)10-6(3-7)9-4/h4-9H,1-2H3;3-4H,1-2H3;2*1-3H3;3-4H,1-2H3;3H,1-2H3;1-2H3. The second-order valence-corrected chi connectivity index (χ2v) is 19.5. The molecule has 0 unspecified atom stereocenters. The summed E-state index contributed by atoms with van der Waals surface area (Å²) in [7, 11) is 0. The molecular weight excluding hydrogens is 1070 g/mol. The minimum Gasteiger partial charge on any atom is -0.258 e. The molecule has 0 saturated heterocycles. The maximum Gasteiger partial charge on any atom is 0.235 e. The normalized spacial score (nSPS) is 9.52. The van der Waals surface area contributed by atoms with E-state index in [9.17, 15) is 5.26 Å². The van der Waals surface area contributed by atoms with Gasteiger partial charge in [-0.2, -0.15) is 42.1 Å². The van der Waals surface area contributed by atoms with E-state index in [1.165, 1.54) is 0 Å². The van der Waals surface area contributed by atoms with Crippen molar-refractivity contribution in [2.45, 2.75) is 111 Å². The zero-order valence-corrected chi connectivity index (χ0v) is 50.8. The van der Waals surface area contributed by atoms with Crippen LogP contribution in [0.5, 0.6) is 0 Å². The lowest BCUT2D eigenvalue weighted by atomic mass is 9.88. The van der Waals surface area contributed by atoms with Crippen molar-refractivity contribution in [3.63, 3.8) is 0 Å². The van der Waals surface area contributed by atoms with Crippen LogP contribution in [-0.2, 0) is 0 Å². The Balaban J connectivity index is 0.000000221. The number of aryl methyl sites for hydroxylation is 16. The van der Waals surface area contributed by atoms with Crippen molar-refractivity contribution in [2.24, 2.45) is 0 Å². The monoisotopic (exact) mass is 1130 g/mol. The number of benzene rings is 5. The molecule has 5 aromatic heterocycles. The van der Waals surface area contributed by atoms with Gasteiger partial charge in [-0.25, -0.2) is 49.7 Å². The second kappa shape index (κ2) is 30.7. The minimum atomic E-state index is 0.185. The van der Waals surface area contributed by atoms with Crippen LogP contribution in [0.2, 0.25) is 0 Å². The van der Waals surface area contributed by atoms with Crippen molar-refractivity contribution < 1.29 is 0 Å². The Morgan fingerprint density at radius 1 is 0.314 bits per heavy atom. The molecule has 86 heavy (non-hydrogen) atoms. The number of pyridine rings is 1. The fourth-order valence-corrected chi connectivity index (χ4v) is 8.94. The summed E-state index contributed by atoms with van der Waals surface area (Å²) < 4.78 is 0. The molecular formula is C67H59N19. The highest BCUT2D eigenvalue weighted by molar-refractivity contribution is 6.27. The summed E-state index contributed by atoms with van der Waals surface area (Å²) in [5, 5.41) is 75.9. The summed E-state index contributed by atoms with van der Waals surface area (Å²) in [5.74, 6) is 3.05. The lowest BCUT2D eigenvalue weighted by Gasteiger charge is -2.16. The van der Waals surface area contributed by atoms with Gasteiger partial charge in [-0.15, -0.1) is 0 Å². The summed E-state index contributed by atoms with van der Waals surface area (Å²) in [6.45, 7) is 37.2. The second-order valence-electron chi connectivity index (χ2n) is 19.5. The van der Waals surface area contributed by atoms with E-state index in [1.54, 1.807) is 38.1 Å². The van der Waals surface area contributed by atoms with Gasteiger partial charge in [0.1, 0.15) is 59.7 Å². The number of aromatic nitrogens is 10. The highest BCUT2D eigenvalue weighted by Gasteiger charge is 2.16. The van der Waals surface area contributed by atoms with E-state index < -0.39 is 0 Å². The maximum absolute atomic E-state index is 9.45. The predicted octanol–water partition coefficient (Wildman–Crippen LogP) is 13.1. The average Bonchev–Trinajstić information content (AvgIpc) is 1.01. The molecule has 19 heteroatoms. The molecule has 19 nitrogen and oxygen atoms in total. The van der Waals surface area contributed by atoms with Crippen LogP contribution in [0.15, 0.2) is 66.7 Å². The first kappa shape index (κ1) is 66.5. The molecule has 0 amide bonds. The molecule has 422 valence electrons. The Hall–Kier alpha value is -12.1. The Morgan fingerprint density at radius 2 is 0.663 bits per heavy atom. The molecule has 0 spiro atoms. The summed E-state index contributed by atoms with van der Waals surface area (Å²) in [6, 6.07) is 37.2. The quantitative estimate of drug-likeness (QED) is 0.101. The van der Waals surface area contributed by atoms with Gasteiger partial charge >= 0.3 is 0 Å². The van der Waals surface area contributed by atoms with Gasteiger partial charge in [0.05, 0.1) is 74.9 Å². The van der Waals surface area contributed by atoms with Gasteiger partial charge < -0.3 is 0 Å². The maximum atomic E-state index is 9.45. The molecule has 10 rings (SSSR count).